The summed E-state index contributed by atoms with van der Waals surface area (Å²) in [5.41, 5.74) is 0.936. The fourth-order valence-electron chi connectivity index (χ4n) is 14.0. The number of aliphatic carboxylic acids is 1. The monoisotopic (exact) mass is 851 g/mol. The van der Waals surface area contributed by atoms with Crippen LogP contribution in [0.15, 0.2) is 35.4 Å². The highest BCUT2D eigenvalue weighted by molar-refractivity contribution is 6.31. The molecule has 0 unspecified atom stereocenters. The van der Waals surface area contributed by atoms with Crippen LogP contribution in [0.3, 0.4) is 0 Å². The number of Topliss-reactive ketones (excluding diaryl/α,β-unsaturated/α-hetero) is 1. The quantitative estimate of drug-likeness (QED) is 0.183. The lowest BCUT2D eigenvalue weighted by atomic mass is 9.34. The van der Waals surface area contributed by atoms with Crippen LogP contribution < -0.4 is 0 Å². The van der Waals surface area contributed by atoms with Gasteiger partial charge in [0, 0.05) is 55.4 Å². The van der Waals surface area contributed by atoms with Crippen molar-refractivity contribution in [2.24, 2.45) is 56.2 Å². The molecule has 0 amide bonds. The molecule has 0 saturated heterocycles. The Kier molecular flexibility index (Phi) is 13.0. The van der Waals surface area contributed by atoms with E-state index < -0.39 is 28.9 Å². The van der Waals surface area contributed by atoms with Gasteiger partial charge in [-0.25, -0.2) is 0 Å². The van der Waals surface area contributed by atoms with Gasteiger partial charge in [-0.05, 0) is 142 Å². The van der Waals surface area contributed by atoms with E-state index in [0.717, 1.165) is 75.6 Å². The zero-order valence-electron chi connectivity index (χ0n) is 38.8. The van der Waals surface area contributed by atoms with Crippen molar-refractivity contribution in [2.45, 2.75) is 152 Å². The van der Waals surface area contributed by atoms with Crippen LogP contribution >= 0.6 is 11.6 Å². The van der Waals surface area contributed by atoms with E-state index in [2.05, 4.69) is 78.4 Å². The van der Waals surface area contributed by atoms with Gasteiger partial charge in [0.25, 0.3) is 0 Å². The molecule has 0 heterocycles. The number of halogens is 1. The number of hydrogen-bond donors (Lipinski definition) is 1. The molecule has 1 aromatic rings. The van der Waals surface area contributed by atoms with Gasteiger partial charge in [0.15, 0.2) is 5.78 Å². The van der Waals surface area contributed by atoms with Crippen molar-refractivity contribution in [1.29, 1.82) is 0 Å². The number of fused-ring (bicyclic) bond motifs is 7. The third kappa shape index (κ3) is 8.04. The molecule has 4 fully saturated rings. The van der Waals surface area contributed by atoms with Crippen molar-refractivity contribution < 1.29 is 33.8 Å². The first-order chi connectivity index (χ1) is 27.8. The summed E-state index contributed by atoms with van der Waals surface area (Å²) in [6.45, 7) is 23.8. The van der Waals surface area contributed by atoms with Crippen LogP contribution in [0.5, 0.6) is 0 Å². The lowest BCUT2D eigenvalue weighted by Crippen LogP contribution is -2.65. The van der Waals surface area contributed by atoms with E-state index in [1.807, 2.05) is 18.2 Å². The first-order valence-corrected chi connectivity index (χ1v) is 23.2. The molecule has 10 heteroatoms. The first kappa shape index (κ1) is 46.7. The summed E-state index contributed by atoms with van der Waals surface area (Å²) in [6, 6.07) is 7.95. The Balaban J connectivity index is 1.34. The van der Waals surface area contributed by atoms with E-state index >= 15 is 0 Å². The van der Waals surface area contributed by atoms with Gasteiger partial charge in [-0.1, -0.05) is 78.3 Å². The molecule has 0 spiro atoms. The molecule has 5 aliphatic rings. The fourth-order valence-corrected chi connectivity index (χ4v) is 14.2. The maximum Gasteiger partial charge on any atom is 0.309 e. The molecule has 60 heavy (non-hydrogen) atoms. The molecule has 9 atom stereocenters. The Bertz CT molecular complexity index is 1870. The maximum atomic E-state index is 14.6. The molecule has 0 bridgehead atoms. The zero-order chi connectivity index (χ0) is 44.4. The Morgan fingerprint density at radius 1 is 0.933 bits per heavy atom. The van der Waals surface area contributed by atoms with E-state index in [0.29, 0.717) is 42.3 Å². The molecule has 334 valence electrons. The molecule has 5 aliphatic carbocycles. The molecular formula is C50H75ClN2O7. The van der Waals surface area contributed by atoms with Gasteiger partial charge in [0.05, 0.1) is 11.8 Å². The summed E-state index contributed by atoms with van der Waals surface area (Å²) in [5, 5.41) is 10.4. The van der Waals surface area contributed by atoms with E-state index in [9.17, 15) is 24.3 Å². The number of allylic oxidation sites excluding steroid dienone is 1. The van der Waals surface area contributed by atoms with Gasteiger partial charge in [-0.15, -0.1) is 0 Å². The molecule has 1 aromatic carbocycles. The minimum atomic E-state index is -1.18. The van der Waals surface area contributed by atoms with Gasteiger partial charge in [0.2, 0.25) is 0 Å². The van der Waals surface area contributed by atoms with Crippen LogP contribution in [0.1, 0.15) is 139 Å². The third-order valence-electron chi connectivity index (χ3n) is 17.4. The molecule has 4 saturated carbocycles. The van der Waals surface area contributed by atoms with Gasteiger partial charge in [-0.2, -0.15) is 0 Å². The van der Waals surface area contributed by atoms with Gasteiger partial charge < -0.3 is 19.5 Å². The fraction of sp³-hybridized carbons (Fsp3) is 0.760. The van der Waals surface area contributed by atoms with Crippen LogP contribution in [0.25, 0.3) is 0 Å². The Morgan fingerprint density at radius 2 is 1.62 bits per heavy atom. The Hall–Kier alpha value is -2.75. The second-order valence-electron chi connectivity index (χ2n) is 22.3. The standard InChI is InChI=1S/C50H75ClN2O7/c1-31(2)42-37(55)27-50(40(59-32(3)54)30-53(26-25-52(11)12)29-33-15-13-14-16-36(33)51)24-23-48(9)35-17-18-38-46(6,7)39(60-41(56)28-45(4,5)44(57)58)20-21-47(38,8)34(35)19-22-49(48,10)43(42)50/h13-16,31,34-35,38-40H,17-30H2,1-12H3,(H,57,58)/t34-,35+,38-,39-,40-,47+,48-,49+,50-/m0/s1. The summed E-state index contributed by atoms with van der Waals surface area (Å²) in [6.07, 6.45) is 7.05. The number of hydrogen-bond acceptors (Lipinski definition) is 8. The van der Waals surface area contributed by atoms with Crippen molar-refractivity contribution >= 4 is 35.3 Å². The summed E-state index contributed by atoms with van der Waals surface area (Å²) >= 11 is 6.74. The number of carbonyl (C=O) groups excluding carboxylic acids is 3. The van der Waals surface area contributed by atoms with Crippen molar-refractivity contribution in [3.05, 3.63) is 46.0 Å². The van der Waals surface area contributed by atoms with E-state index in [-0.39, 0.29) is 51.9 Å². The Morgan fingerprint density at radius 3 is 2.23 bits per heavy atom. The summed E-state index contributed by atoms with van der Waals surface area (Å²) in [7, 11) is 4.14. The van der Waals surface area contributed by atoms with Crippen molar-refractivity contribution in [3.8, 4) is 0 Å². The number of likely N-dealkylation sites (N-methyl/N-ethyl adjacent to an activating group) is 1. The summed E-state index contributed by atoms with van der Waals surface area (Å²) in [5.74, 6) is -0.208. The average Bonchev–Trinajstić information content (AvgIpc) is 3.47. The molecule has 0 radical (unpaired) electrons. The largest absolute Gasteiger partial charge is 0.481 e. The van der Waals surface area contributed by atoms with Crippen molar-refractivity contribution in [1.82, 2.24) is 9.80 Å². The highest BCUT2D eigenvalue weighted by Crippen LogP contribution is 2.77. The summed E-state index contributed by atoms with van der Waals surface area (Å²) < 4.78 is 12.7. The maximum absolute atomic E-state index is 14.6. The average molecular weight is 852 g/mol. The molecule has 9 nitrogen and oxygen atoms in total. The highest BCUT2D eigenvalue weighted by Gasteiger charge is 2.71. The predicted octanol–water partition coefficient (Wildman–Crippen LogP) is 10.0. The lowest BCUT2D eigenvalue weighted by Gasteiger charge is -2.71. The number of carboxylic acid groups (broad SMARTS) is 1. The molecule has 0 aliphatic heterocycles. The van der Waals surface area contributed by atoms with Crippen LogP contribution in [-0.4, -0.2) is 84.5 Å². The molecule has 6 rings (SSSR count). The van der Waals surface area contributed by atoms with E-state index in [1.165, 1.54) is 12.5 Å². The minimum absolute atomic E-state index is 0.0429. The number of carboxylic acids is 1. The predicted molar refractivity (Wildman–Crippen MR) is 236 cm³/mol. The van der Waals surface area contributed by atoms with Crippen molar-refractivity contribution in [2.75, 3.05) is 33.7 Å². The van der Waals surface area contributed by atoms with Gasteiger partial charge >= 0.3 is 17.9 Å². The van der Waals surface area contributed by atoms with E-state index in [1.54, 1.807) is 13.8 Å². The number of ketones is 1. The number of ether oxygens (including phenoxy) is 2. The summed E-state index contributed by atoms with van der Waals surface area (Å²) in [4.78, 5) is 57.4. The first-order valence-electron chi connectivity index (χ1n) is 22.8. The van der Waals surface area contributed by atoms with Crippen LogP contribution in [0.4, 0.5) is 0 Å². The highest BCUT2D eigenvalue weighted by atomic mass is 35.5. The molecule has 0 aromatic heterocycles. The number of benzene rings is 1. The van der Waals surface area contributed by atoms with Crippen LogP contribution in [0.2, 0.25) is 5.02 Å². The van der Waals surface area contributed by atoms with Crippen LogP contribution in [-0.2, 0) is 35.2 Å². The number of rotatable bonds is 14. The smallest absolute Gasteiger partial charge is 0.309 e. The third-order valence-corrected chi connectivity index (χ3v) is 17.7. The lowest BCUT2D eigenvalue weighted by molar-refractivity contribution is -0.217. The number of carbonyl (C=O) groups is 4. The SMILES string of the molecule is CC(=O)O[C@@H](CN(CCN(C)C)Cc1ccccc1Cl)[C@@]12CC[C@@]3(C)[C@@H]4CC[C@H]5C(C)(C)[C@@H](OC(=O)CC(C)(C)C(=O)O)CC[C@]5(C)[C@H]4CC[C@]3(C)C1=C(C(C)C)C(=O)C2. The number of esters is 2. The van der Waals surface area contributed by atoms with Gasteiger partial charge in [-0.3, -0.25) is 24.1 Å². The topological polar surface area (TPSA) is 113 Å². The normalized spacial score (nSPS) is 34.2. The van der Waals surface area contributed by atoms with Gasteiger partial charge in [0.1, 0.15) is 12.2 Å². The number of nitrogens with zero attached hydrogens (tertiary/aromatic N) is 2. The zero-order valence-corrected chi connectivity index (χ0v) is 39.6. The minimum Gasteiger partial charge on any atom is -0.481 e. The molecule has 1 N–H and O–H groups in total. The van der Waals surface area contributed by atoms with Crippen molar-refractivity contribution in [3.63, 3.8) is 0 Å². The second-order valence-corrected chi connectivity index (χ2v) is 22.7. The second kappa shape index (κ2) is 16.7. The molecular weight excluding hydrogens is 776 g/mol. The Labute approximate surface area is 365 Å². The van der Waals surface area contributed by atoms with E-state index in [4.69, 9.17) is 21.1 Å². The van der Waals surface area contributed by atoms with Crippen LogP contribution in [0, 0.1) is 56.2 Å².